The molecule has 35 heavy (non-hydrogen) atoms. The van der Waals surface area contributed by atoms with Gasteiger partial charge in [0, 0.05) is 31.0 Å². The van der Waals surface area contributed by atoms with Crippen LogP contribution in [0, 0.1) is 16.2 Å². The maximum Gasteiger partial charge on any atom is 0.416 e. The number of carbonyl (C=O) groups excluding carboxylic acids is 1. The summed E-state index contributed by atoms with van der Waals surface area (Å²) in [6.07, 6.45) is -2.86. The number of rotatable bonds is 6. The van der Waals surface area contributed by atoms with Crippen molar-refractivity contribution in [1.82, 2.24) is 20.2 Å². The van der Waals surface area contributed by atoms with Crippen LogP contribution in [0.2, 0.25) is 0 Å². The van der Waals surface area contributed by atoms with Gasteiger partial charge < -0.3 is 15.2 Å². The minimum Gasteiger partial charge on any atom is -0.336 e. The van der Waals surface area contributed by atoms with Gasteiger partial charge in [-0.25, -0.2) is 4.98 Å². The van der Waals surface area contributed by atoms with Gasteiger partial charge >= 0.3 is 6.18 Å². The summed E-state index contributed by atoms with van der Waals surface area (Å²) in [6.45, 7) is 0.613. The van der Waals surface area contributed by atoms with Gasteiger partial charge in [0.2, 0.25) is 5.91 Å². The third-order valence-electron chi connectivity index (χ3n) is 6.42. The monoisotopic (exact) mass is 488 g/mol. The highest BCUT2D eigenvalue weighted by Crippen LogP contribution is 2.33. The fraction of sp³-hybridized carbons (Fsp3) is 0.478. The fourth-order valence-electron chi connectivity index (χ4n) is 4.60. The van der Waals surface area contributed by atoms with E-state index in [-0.39, 0.29) is 37.2 Å². The normalized spacial score (nSPS) is 21.9. The molecule has 1 saturated heterocycles. The molecule has 0 saturated carbocycles. The molecule has 2 aliphatic heterocycles. The lowest BCUT2D eigenvalue weighted by Crippen LogP contribution is -2.48. The summed E-state index contributed by atoms with van der Waals surface area (Å²) in [4.78, 5) is 45.7. The first kappa shape index (κ1) is 24.5. The van der Waals surface area contributed by atoms with Crippen LogP contribution in [0.15, 0.2) is 34.2 Å². The molecule has 12 heteroatoms. The Bertz CT molecular complexity index is 1200. The molecule has 0 bridgehead atoms. The Kier molecular flexibility index (Phi) is 6.98. The second kappa shape index (κ2) is 9.95. The maximum atomic E-state index is 13.1. The molecule has 1 amide bonds. The standard InChI is InChI=1S/C23H23F3N6O3/c24-23(25,26)15-6-4-13(5-7-15)20-29-19-14(3-1-2-8-27)11-32(12-17(19)21(33)30-20)22(34)18-9-16(31-35)10-28-18/h4-7,14,16,18,28H,1-3,9-12H2,(H,29,30,33)/t14?,16-,18+/m1/s1. The number of amides is 1. The van der Waals surface area contributed by atoms with E-state index in [1.807, 2.05) is 0 Å². The minimum absolute atomic E-state index is 0.0237. The second-order valence-electron chi connectivity index (χ2n) is 8.78. The number of hydrogen-bond acceptors (Lipinski definition) is 7. The summed E-state index contributed by atoms with van der Waals surface area (Å²) in [7, 11) is 0. The number of nitrogens with one attached hydrogen (secondary N) is 2. The van der Waals surface area contributed by atoms with Crippen molar-refractivity contribution in [2.75, 3.05) is 13.1 Å². The van der Waals surface area contributed by atoms with Crippen molar-refractivity contribution in [2.24, 2.45) is 5.18 Å². The Morgan fingerprint density at radius 3 is 2.66 bits per heavy atom. The molecule has 3 atom stereocenters. The summed E-state index contributed by atoms with van der Waals surface area (Å²) in [5.74, 6) is -0.420. The van der Waals surface area contributed by atoms with Crippen molar-refractivity contribution in [1.29, 1.82) is 5.26 Å². The van der Waals surface area contributed by atoms with Gasteiger partial charge in [-0.05, 0) is 31.4 Å². The Morgan fingerprint density at radius 1 is 1.29 bits per heavy atom. The predicted molar refractivity (Wildman–Crippen MR) is 119 cm³/mol. The van der Waals surface area contributed by atoms with Crippen molar-refractivity contribution in [2.45, 2.75) is 56.4 Å². The second-order valence-corrected chi connectivity index (χ2v) is 8.78. The van der Waals surface area contributed by atoms with Gasteiger partial charge in [0.1, 0.15) is 11.9 Å². The van der Waals surface area contributed by atoms with Crippen molar-refractivity contribution in [3.63, 3.8) is 0 Å². The van der Waals surface area contributed by atoms with Gasteiger partial charge in [-0.1, -0.05) is 17.3 Å². The Labute approximate surface area is 198 Å². The van der Waals surface area contributed by atoms with E-state index in [2.05, 4.69) is 26.5 Å². The summed E-state index contributed by atoms with van der Waals surface area (Å²) < 4.78 is 38.7. The SMILES string of the molecule is N#CCCCC1CN(C(=O)[C@@H]2C[C@@H](N=O)CN2)Cc2c1nc(-c1ccc(C(F)(F)F)cc1)[nH]c2=O. The average molecular weight is 488 g/mol. The molecule has 2 aliphatic rings. The number of nitroso groups, excluding NO2 is 1. The molecule has 1 unspecified atom stereocenters. The van der Waals surface area contributed by atoms with Crippen LogP contribution in [0.5, 0.6) is 0 Å². The summed E-state index contributed by atoms with van der Waals surface area (Å²) in [5.41, 5.74) is -0.158. The number of alkyl halides is 3. The van der Waals surface area contributed by atoms with Gasteiger partial charge in [0.25, 0.3) is 5.56 Å². The topological polar surface area (TPSA) is 131 Å². The van der Waals surface area contributed by atoms with Gasteiger partial charge in [-0.15, -0.1) is 0 Å². The molecule has 0 radical (unpaired) electrons. The van der Waals surface area contributed by atoms with Crippen molar-refractivity contribution in [3.05, 3.63) is 56.3 Å². The van der Waals surface area contributed by atoms with Crippen LogP contribution in [-0.4, -0.2) is 45.9 Å². The molecule has 2 N–H and O–H groups in total. The van der Waals surface area contributed by atoms with E-state index in [1.54, 1.807) is 4.90 Å². The number of aromatic nitrogens is 2. The van der Waals surface area contributed by atoms with Crippen LogP contribution < -0.4 is 10.9 Å². The van der Waals surface area contributed by atoms with Crippen LogP contribution in [-0.2, 0) is 17.5 Å². The van der Waals surface area contributed by atoms with E-state index in [1.165, 1.54) is 12.1 Å². The third-order valence-corrected chi connectivity index (χ3v) is 6.42. The first-order valence-electron chi connectivity index (χ1n) is 11.2. The summed E-state index contributed by atoms with van der Waals surface area (Å²) in [5, 5.41) is 14.9. The average Bonchev–Trinajstić information content (AvgIpc) is 3.33. The molecule has 4 rings (SSSR count). The first-order chi connectivity index (χ1) is 16.7. The molecule has 0 aliphatic carbocycles. The number of fused-ring (bicyclic) bond motifs is 1. The summed E-state index contributed by atoms with van der Waals surface area (Å²) in [6, 6.07) is 5.37. The van der Waals surface area contributed by atoms with Gasteiger partial charge in [0.15, 0.2) is 0 Å². The number of nitrogens with zero attached hydrogens (tertiary/aromatic N) is 4. The van der Waals surface area contributed by atoms with E-state index in [0.29, 0.717) is 42.6 Å². The minimum atomic E-state index is -4.48. The quantitative estimate of drug-likeness (QED) is 0.475. The Hall–Kier alpha value is -3.59. The zero-order chi connectivity index (χ0) is 25.2. The molecule has 1 aromatic heterocycles. The number of carbonyl (C=O) groups is 1. The lowest BCUT2D eigenvalue weighted by molar-refractivity contribution is -0.137. The number of H-pyrrole nitrogens is 1. The largest absolute Gasteiger partial charge is 0.416 e. The van der Waals surface area contributed by atoms with Gasteiger partial charge in [0.05, 0.1) is 35.5 Å². The number of hydrogen-bond donors (Lipinski definition) is 2. The summed E-state index contributed by atoms with van der Waals surface area (Å²) >= 11 is 0. The molecule has 184 valence electrons. The maximum absolute atomic E-state index is 13.1. The molecule has 1 aromatic carbocycles. The lowest BCUT2D eigenvalue weighted by atomic mass is 9.90. The smallest absolute Gasteiger partial charge is 0.336 e. The molecule has 3 heterocycles. The molecule has 9 nitrogen and oxygen atoms in total. The van der Waals surface area contributed by atoms with Gasteiger partial charge in [-0.2, -0.15) is 23.3 Å². The third kappa shape index (κ3) is 5.24. The highest BCUT2D eigenvalue weighted by Gasteiger charge is 2.37. The Morgan fingerprint density at radius 2 is 2.03 bits per heavy atom. The number of unbranched alkanes of at least 4 members (excludes halogenated alkanes) is 1. The zero-order valence-electron chi connectivity index (χ0n) is 18.6. The molecular weight excluding hydrogens is 465 g/mol. The van der Waals surface area contributed by atoms with Crippen molar-refractivity contribution >= 4 is 5.91 Å². The number of halogens is 3. The van der Waals surface area contributed by atoms with Crippen molar-refractivity contribution in [3.8, 4) is 17.5 Å². The van der Waals surface area contributed by atoms with E-state index >= 15 is 0 Å². The van der Waals surface area contributed by atoms with Crippen molar-refractivity contribution < 1.29 is 18.0 Å². The zero-order valence-corrected chi connectivity index (χ0v) is 18.6. The molecule has 1 fully saturated rings. The van der Waals surface area contributed by atoms with Crippen LogP contribution in [0.3, 0.4) is 0 Å². The molecule has 2 aromatic rings. The molecule has 0 spiro atoms. The van der Waals surface area contributed by atoms with E-state index in [4.69, 9.17) is 5.26 Å². The highest BCUT2D eigenvalue weighted by atomic mass is 19.4. The molecular formula is C23H23F3N6O3. The number of aromatic amines is 1. The number of benzene rings is 1. The van der Waals surface area contributed by atoms with Crippen LogP contribution >= 0.6 is 0 Å². The van der Waals surface area contributed by atoms with E-state index in [9.17, 15) is 27.7 Å². The van der Waals surface area contributed by atoms with E-state index in [0.717, 1.165) is 12.1 Å². The highest BCUT2D eigenvalue weighted by molar-refractivity contribution is 5.82. The first-order valence-corrected chi connectivity index (χ1v) is 11.2. The number of nitriles is 1. The van der Waals surface area contributed by atoms with Gasteiger partial charge in [-0.3, -0.25) is 9.59 Å². The van der Waals surface area contributed by atoms with E-state index < -0.39 is 29.4 Å². The Balaban J connectivity index is 1.65. The predicted octanol–water partition coefficient (Wildman–Crippen LogP) is 3.07. The lowest BCUT2D eigenvalue weighted by Gasteiger charge is -2.35. The van der Waals surface area contributed by atoms with Crippen LogP contribution in [0.25, 0.3) is 11.4 Å². The fourth-order valence-corrected chi connectivity index (χ4v) is 4.60. The van der Waals surface area contributed by atoms with Crippen LogP contribution in [0.1, 0.15) is 48.4 Å². The van der Waals surface area contributed by atoms with Crippen LogP contribution in [0.4, 0.5) is 13.2 Å².